The third-order valence-electron chi connectivity index (χ3n) is 3.25. The van der Waals surface area contributed by atoms with Crippen LogP contribution in [0.4, 0.5) is 0 Å². The van der Waals surface area contributed by atoms with Crippen molar-refractivity contribution in [3.8, 4) is 0 Å². The van der Waals surface area contributed by atoms with Gasteiger partial charge in [-0.25, -0.2) is 9.97 Å². The van der Waals surface area contributed by atoms with E-state index in [2.05, 4.69) is 31.1 Å². The fourth-order valence-electron chi connectivity index (χ4n) is 2.39. The zero-order valence-electron chi connectivity index (χ0n) is 9.58. The summed E-state index contributed by atoms with van der Waals surface area (Å²) in [7, 11) is 0. The molecule has 3 heterocycles. The predicted octanol–water partition coefficient (Wildman–Crippen LogP) is 1.19. The second-order valence-corrected chi connectivity index (χ2v) is 4.48. The maximum atomic E-state index is 4.04. The molecule has 0 spiro atoms. The molecule has 2 aromatic rings. The van der Waals surface area contributed by atoms with E-state index in [9.17, 15) is 0 Å². The van der Waals surface area contributed by atoms with Gasteiger partial charge in [-0.3, -0.25) is 10.00 Å². The van der Waals surface area contributed by atoms with Crippen LogP contribution in [-0.2, 0) is 6.54 Å². The van der Waals surface area contributed by atoms with Crippen molar-refractivity contribution < 1.29 is 0 Å². The highest BCUT2D eigenvalue weighted by atomic mass is 15.2. The van der Waals surface area contributed by atoms with Gasteiger partial charge in [0.2, 0.25) is 0 Å². The molecule has 1 saturated heterocycles. The van der Waals surface area contributed by atoms with E-state index >= 15 is 0 Å². The fourth-order valence-corrected chi connectivity index (χ4v) is 2.39. The summed E-state index contributed by atoms with van der Waals surface area (Å²) in [6, 6.07) is 2.07. The molecule has 1 aliphatic heterocycles. The first-order chi connectivity index (χ1) is 8.42. The lowest BCUT2D eigenvalue weighted by Gasteiger charge is -2.14. The summed E-state index contributed by atoms with van der Waals surface area (Å²) >= 11 is 0. The molecule has 1 atom stereocenters. The maximum Gasteiger partial charge on any atom is 0.115 e. The topological polar surface area (TPSA) is 57.7 Å². The van der Waals surface area contributed by atoms with Crippen molar-refractivity contribution in [3.63, 3.8) is 0 Å². The van der Waals surface area contributed by atoms with Crippen LogP contribution in [0.2, 0.25) is 0 Å². The number of hydrogen-bond acceptors (Lipinski definition) is 4. The molecule has 0 aromatic carbocycles. The largest absolute Gasteiger partial charge is 0.298 e. The lowest BCUT2D eigenvalue weighted by molar-refractivity contribution is 0.325. The summed E-state index contributed by atoms with van der Waals surface area (Å²) in [5.74, 6) is 0.585. The van der Waals surface area contributed by atoms with Crippen LogP contribution in [0.5, 0.6) is 0 Å². The Bertz CT molecular complexity index is 453. The second-order valence-electron chi connectivity index (χ2n) is 4.48. The van der Waals surface area contributed by atoms with E-state index in [0.29, 0.717) is 5.92 Å². The Labute approximate surface area is 99.9 Å². The van der Waals surface area contributed by atoms with Gasteiger partial charge in [-0.2, -0.15) is 5.10 Å². The SMILES string of the molecule is c1ncc(CN2CC[C@@H](c3ccn[nH]3)C2)cn1. The number of aromatic amines is 1. The molecule has 0 unspecified atom stereocenters. The van der Waals surface area contributed by atoms with Crippen LogP contribution in [0.1, 0.15) is 23.6 Å². The molecular formula is C12H15N5. The number of likely N-dealkylation sites (tertiary alicyclic amines) is 1. The monoisotopic (exact) mass is 229 g/mol. The average Bonchev–Trinajstić information content (AvgIpc) is 3.00. The number of aromatic nitrogens is 4. The second kappa shape index (κ2) is 4.63. The highest BCUT2D eigenvalue weighted by molar-refractivity contribution is 5.10. The molecule has 2 aromatic heterocycles. The van der Waals surface area contributed by atoms with E-state index < -0.39 is 0 Å². The average molecular weight is 229 g/mol. The standard InChI is InChI=1S/C12H15N5/c1-3-15-16-12(1)11-2-4-17(8-11)7-10-5-13-9-14-6-10/h1,3,5-6,9,11H,2,4,7-8H2,(H,15,16)/t11-/m1/s1. The molecule has 0 amide bonds. The van der Waals surface area contributed by atoms with Crippen molar-refractivity contribution in [2.24, 2.45) is 0 Å². The zero-order chi connectivity index (χ0) is 11.5. The van der Waals surface area contributed by atoms with E-state index in [0.717, 1.165) is 19.6 Å². The molecule has 5 nitrogen and oxygen atoms in total. The highest BCUT2D eigenvalue weighted by Crippen LogP contribution is 2.26. The summed E-state index contributed by atoms with van der Waals surface area (Å²) < 4.78 is 0. The Morgan fingerprint density at radius 3 is 3.00 bits per heavy atom. The van der Waals surface area contributed by atoms with E-state index in [1.54, 1.807) is 6.33 Å². The van der Waals surface area contributed by atoms with Crippen molar-refractivity contribution in [2.45, 2.75) is 18.9 Å². The lowest BCUT2D eigenvalue weighted by Crippen LogP contribution is -2.20. The molecule has 88 valence electrons. The molecule has 0 saturated carbocycles. The lowest BCUT2D eigenvalue weighted by atomic mass is 10.1. The van der Waals surface area contributed by atoms with Gasteiger partial charge in [0.05, 0.1) is 0 Å². The first-order valence-corrected chi connectivity index (χ1v) is 5.87. The van der Waals surface area contributed by atoms with Crippen molar-refractivity contribution in [3.05, 3.63) is 42.2 Å². The first-order valence-electron chi connectivity index (χ1n) is 5.87. The normalized spacial score (nSPS) is 20.8. The van der Waals surface area contributed by atoms with Crippen LogP contribution in [0, 0.1) is 0 Å². The summed E-state index contributed by atoms with van der Waals surface area (Å²) in [5.41, 5.74) is 2.43. The quantitative estimate of drug-likeness (QED) is 0.859. The zero-order valence-corrected chi connectivity index (χ0v) is 9.58. The Kier molecular flexibility index (Phi) is 2.83. The third-order valence-corrected chi connectivity index (χ3v) is 3.25. The molecule has 5 heteroatoms. The minimum absolute atomic E-state index is 0.585. The maximum absolute atomic E-state index is 4.04. The van der Waals surface area contributed by atoms with Crippen LogP contribution < -0.4 is 0 Å². The van der Waals surface area contributed by atoms with Crippen molar-refractivity contribution in [2.75, 3.05) is 13.1 Å². The first kappa shape index (κ1) is 10.4. The van der Waals surface area contributed by atoms with Gasteiger partial charge < -0.3 is 0 Å². The third kappa shape index (κ3) is 2.34. The molecule has 17 heavy (non-hydrogen) atoms. The fraction of sp³-hybridized carbons (Fsp3) is 0.417. The molecular weight excluding hydrogens is 214 g/mol. The van der Waals surface area contributed by atoms with Crippen molar-refractivity contribution in [1.82, 2.24) is 25.1 Å². The minimum atomic E-state index is 0.585. The summed E-state index contributed by atoms with van der Waals surface area (Å²) in [4.78, 5) is 10.5. The van der Waals surface area contributed by atoms with Crippen LogP contribution in [-0.4, -0.2) is 38.2 Å². The number of rotatable bonds is 3. The minimum Gasteiger partial charge on any atom is -0.298 e. The number of nitrogens with zero attached hydrogens (tertiary/aromatic N) is 4. The van der Waals surface area contributed by atoms with Gasteiger partial charge in [0.1, 0.15) is 6.33 Å². The van der Waals surface area contributed by atoms with Gasteiger partial charge >= 0.3 is 0 Å². The van der Waals surface area contributed by atoms with E-state index in [-0.39, 0.29) is 0 Å². The van der Waals surface area contributed by atoms with Crippen molar-refractivity contribution >= 4 is 0 Å². The Balaban J connectivity index is 1.61. The highest BCUT2D eigenvalue weighted by Gasteiger charge is 2.24. The molecule has 1 N–H and O–H groups in total. The summed E-state index contributed by atoms with van der Waals surface area (Å²) in [6.07, 6.45) is 8.35. The van der Waals surface area contributed by atoms with E-state index in [1.165, 1.54) is 17.7 Å². The van der Waals surface area contributed by atoms with Crippen LogP contribution in [0.25, 0.3) is 0 Å². The molecule has 3 rings (SSSR count). The van der Waals surface area contributed by atoms with E-state index in [4.69, 9.17) is 0 Å². The van der Waals surface area contributed by atoms with Crippen LogP contribution in [0.15, 0.2) is 31.0 Å². The molecule has 1 fully saturated rings. The van der Waals surface area contributed by atoms with Crippen LogP contribution >= 0.6 is 0 Å². The Hall–Kier alpha value is -1.75. The summed E-state index contributed by atoms with van der Waals surface area (Å²) in [6.45, 7) is 3.14. The van der Waals surface area contributed by atoms with Gasteiger partial charge in [-0.05, 0) is 19.0 Å². The van der Waals surface area contributed by atoms with Gasteiger partial charge in [0.25, 0.3) is 0 Å². The number of hydrogen-bond donors (Lipinski definition) is 1. The van der Waals surface area contributed by atoms with Gasteiger partial charge in [0, 0.05) is 48.9 Å². The Morgan fingerprint density at radius 2 is 2.24 bits per heavy atom. The number of nitrogens with one attached hydrogen (secondary N) is 1. The van der Waals surface area contributed by atoms with Crippen LogP contribution in [0.3, 0.4) is 0 Å². The van der Waals surface area contributed by atoms with Gasteiger partial charge in [0.15, 0.2) is 0 Å². The number of H-pyrrole nitrogens is 1. The van der Waals surface area contributed by atoms with Gasteiger partial charge in [-0.15, -0.1) is 0 Å². The summed E-state index contributed by atoms with van der Waals surface area (Å²) in [5, 5.41) is 7.07. The molecule has 1 aliphatic rings. The predicted molar refractivity (Wildman–Crippen MR) is 63.3 cm³/mol. The smallest absolute Gasteiger partial charge is 0.115 e. The van der Waals surface area contributed by atoms with Crippen molar-refractivity contribution in [1.29, 1.82) is 0 Å². The molecule has 0 radical (unpaired) electrons. The van der Waals surface area contributed by atoms with Gasteiger partial charge in [-0.1, -0.05) is 0 Å². The Morgan fingerprint density at radius 1 is 1.35 bits per heavy atom. The molecule has 0 aliphatic carbocycles. The van der Waals surface area contributed by atoms with E-state index in [1.807, 2.05) is 18.6 Å². The molecule has 0 bridgehead atoms.